The van der Waals surface area contributed by atoms with Gasteiger partial charge in [0.2, 0.25) is 0 Å². The van der Waals surface area contributed by atoms with Crippen LogP contribution in [0.25, 0.3) is 0 Å². The summed E-state index contributed by atoms with van der Waals surface area (Å²) >= 11 is 0. The SMILES string of the molecule is CCCC(C)N(C)C(CN)c1ccccc1C. The summed E-state index contributed by atoms with van der Waals surface area (Å²) < 4.78 is 0. The Morgan fingerprint density at radius 1 is 1.29 bits per heavy atom. The van der Waals surface area contributed by atoms with Gasteiger partial charge < -0.3 is 5.73 Å². The predicted molar refractivity (Wildman–Crippen MR) is 75.1 cm³/mol. The zero-order valence-electron chi connectivity index (χ0n) is 11.6. The molecule has 0 aliphatic rings. The van der Waals surface area contributed by atoms with E-state index < -0.39 is 0 Å². The van der Waals surface area contributed by atoms with Gasteiger partial charge in [0.25, 0.3) is 0 Å². The Balaban J connectivity index is 2.88. The third kappa shape index (κ3) is 3.55. The first kappa shape index (κ1) is 14.2. The molecule has 0 aliphatic heterocycles. The van der Waals surface area contributed by atoms with Gasteiger partial charge in [0, 0.05) is 18.6 Å². The van der Waals surface area contributed by atoms with E-state index in [4.69, 9.17) is 5.73 Å². The molecule has 0 radical (unpaired) electrons. The van der Waals surface area contributed by atoms with Gasteiger partial charge in [0.1, 0.15) is 0 Å². The molecule has 0 aliphatic carbocycles. The van der Waals surface area contributed by atoms with E-state index in [-0.39, 0.29) is 0 Å². The molecule has 2 nitrogen and oxygen atoms in total. The van der Waals surface area contributed by atoms with Gasteiger partial charge in [-0.15, -0.1) is 0 Å². The molecule has 0 spiro atoms. The first-order valence-corrected chi connectivity index (χ1v) is 6.59. The van der Waals surface area contributed by atoms with Crippen molar-refractivity contribution in [1.29, 1.82) is 0 Å². The molecular formula is C15H26N2. The third-order valence-corrected chi connectivity index (χ3v) is 3.66. The lowest BCUT2D eigenvalue weighted by Crippen LogP contribution is -2.37. The fraction of sp³-hybridized carbons (Fsp3) is 0.600. The van der Waals surface area contributed by atoms with Crippen LogP contribution in [0.2, 0.25) is 0 Å². The number of hydrogen-bond donors (Lipinski definition) is 1. The second-order valence-corrected chi connectivity index (χ2v) is 4.91. The van der Waals surface area contributed by atoms with Crippen LogP contribution in [0.1, 0.15) is 43.9 Å². The fourth-order valence-corrected chi connectivity index (χ4v) is 2.40. The van der Waals surface area contributed by atoms with Crippen molar-refractivity contribution in [2.24, 2.45) is 5.73 Å². The maximum atomic E-state index is 5.97. The highest BCUT2D eigenvalue weighted by Gasteiger charge is 2.20. The van der Waals surface area contributed by atoms with Crippen LogP contribution in [0.15, 0.2) is 24.3 Å². The highest BCUT2D eigenvalue weighted by Crippen LogP contribution is 2.24. The van der Waals surface area contributed by atoms with Crippen LogP contribution in [0, 0.1) is 6.92 Å². The van der Waals surface area contributed by atoms with Crippen molar-refractivity contribution in [3.63, 3.8) is 0 Å². The molecule has 1 aromatic carbocycles. The number of aryl methyl sites for hydroxylation is 1. The average Bonchev–Trinajstić information content (AvgIpc) is 2.32. The van der Waals surface area contributed by atoms with Crippen molar-refractivity contribution >= 4 is 0 Å². The molecule has 2 atom stereocenters. The minimum absolute atomic E-state index is 0.331. The molecule has 17 heavy (non-hydrogen) atoms. The van der Waals surface area contributed by atoms with Crippen molar-refractivity contribution in [2.75, 3.05) is 13.6 Å². The molecular weight excluding hydrogens is 208 g/mol. The number of nitrogens with two attached hydrogens (primary N) is 1. The zero-order chi connectivity index (χ0) is 12.8. The van der Waals surface area contributed by atoms with Crippen LogP contribution in [0.5, 0.6) is 0 Å². The van der Waals surface area contributed by atoms with E-state index in [2.05, 4.69) is 57.0 Å². The van der Waals surface area contributed by atoms with Gasteiger partial charge in [0.05, 0.1) is 0 Å². The topological polar surface area (TPSA) is 29.3 Å². The van der Waals surface area contributed by atoms with Gasteiger partial charge in [-0.1, -0.05) is 37.6 Å². The molecule has 0 fully saturated rings. The van der Waals surface area contributed by atoms with E-state index in [9.17, 15) is 0 Å². The van der Waals surface area contributed by atoms with Crippen LogP contribution < -0.4 is 5.73 Å². The summed E-state index contributed by atoms with van der Waals surface area (Å²) in [6.45, 7) is 7.35. The molecule has 0 bridgehead atoms. The molecule has 0 amide bonds. The molecule has 1 rings (SSSR count). The molecule has 0 saturated carbocycles. The Kier molecular flexibility index (Phi) is 5.66. The summed E-state index contributed by atoms with van der Waals surface area (Å²) in [7, 11) is 2.18. The molecule has 0 aromatic heterocycles. The molecule has 2 N–H and O–H groups in total. The first-order valence-electron chi connectivity index (χ1n) is 6.59. The van der Waals surface area contributed by atoms with E-state index in [0.29, 0.717) is 18.6 Å². The summed E-state index contributed by atoms with van der Waals surface area (Å²) in [5, 5.41) is 0. The highest BCUT2D eigenvalue weighted by molar-refractivity contribution is 5.29. The molecule has 2 unspecified atom stereocenters. The monoisotopic (exact) mass is 234 g/mol. The van der Waals surface area contributed by atoms with Crippen LogP contribution in [-0.4, -0.2) is 24.5 Å². The van der Waals surface area contributed by atoms with E-state index in [1.807, 2.05) is 0 Å². The van der Waals surface area contributed by atoms with Crippen LogP contribution in [0.4, 0.5) is 0 Å². The molecule has 0 saturated heterocycles. The predicted octanol–water partition coefficient (Wildman–Crippen LogP) is 3.12. The summed E-state index contributed by atoms with van der Waals surface area (Å²) in [6, 6.07) is 9.45. The number of nitrogens with zero attached hydrogens (tertiary/aromatic N) is 1. The Bertz CT molecular complexity index is 335. The van der Waals surface area contributed by atoms with Crippen LogP contribution in [0.3, 0.4) is 0 Å². The normalized spacial score (nSPS) is 14.9. The van der Waals surface area contributed by atoms with Gasteiger partial charge in [0.15, 0.2) is 0 Å². The molecule has 1 aromatic rings. The summed E-state index contributed by atoms with van der Waals surface area (Å²) in [5.41, 5.74) is 8.66. The largest absolute Gasteiger partial charge is 0.329 e. The third-order valence-electron chi connectivity index (χ3n) is 3.66. The Labute approximate surface area is 106 Å². The van der Waals surface area contributed by atoms with E-state index in [1.165, 1.54) is 24.0 Å². The van der Waals surface area contributed by atoms with Crippen molar-refractivity contribution in [1.82, 2.24) is 4.90 Å². The van der Waals surface area contributed by atoms with Gasteiger partial charge in [-0.25, -0.2) is 0 Å². The quantitative estimate of drug-likeness (QED) is 0.819. The van der Waals surface area contributed by atoms with Crippen LogP contribution >= 0.6 is 0 Å². The standard InChI is InChI=1S/C15H26N2/c1-5-8-13(3)17(4)15(11-16)14-10-7-6-9-12(14)2/h6-7,9-10,13,15H,5,8,11,16H2,1-4H3. The smallest absolute Gasteiger partial charge is 0.0472 e. The minimum Gasteiger partial charge on any atom is -0.329 e. The van der Waals surface area contributed by atoms with Crippen molar-refractivity contribution in [3.05, 3.63) is 35.4 Å². The summed E-state index contributed by atoms with van der Waals surface area (Å²) in [6.07, 6.45) is 2.44. The number of likely N-dealkylation sites (N-methyl/N-ethyl adjacent to an activating group) is 1. The maximum absolute atomic E-state index is 5.97. The highest BCUT2D eigenvalue weighted by atomic mass is 15.2. The average molecular weight is 234 g/mol. The second-order valence-electron chi connectivity index (χ2n) is 4.91. The van der Waals surface area contributed by atoms with Gasteiger partial charge in [-0.2, -0.15) is 0 Å². The Morgan fingerprint density at radius 3 is 2.47 bits per heavy atom. The lowest BCUT2D eigenvalue weighted by molar-refractivity contribution is 0.179. The fourth-order valence-electron chi connectivity index (χ4n) is 2.40. The lowest BCUT2D eigenvalue weighted by Gasteiger charge is -2.33. The summed E-state index contributed by atoms with van der Waals surface area (Å²) in [5.74, 6) is 0. The number of rotatable bonds is 6. The first-order chi connectivity index (χ1) is 8.11. The Hall–Kier alpha value is -0.860. The van der Waals surface area contributed by atoms with Crippen molar-refractivity contribution in [2.45, 2.75) is 45.7 Å². The lowest BCUT2D eigenvalue weighted by atomic mass is 9.98. The second kappa shape index (κ2) is 6.77. The van der Waals surface area contributed by atoms with Gasteiger partial charge >= 0.3 is 0 Å². The molecule has 0 heterocycles. The number of hydrogen-bond acceptors (Lipinski definition) is 2. The number of benzene rings is 1. The Morgan fingerprint density at radius 2 is 1.94 bits per heavy atom. The van der Waals surface area contributed by atoms with Crippen molar-refractivity contribution in [3.8, 4) is 0 Å². The zero-order valence-corrected chi connectivity index (χ0v) is 11.6. The minimum atomic E-state index is 0.331. The molecule has 96 valence electrons. The van der Waals surface area contributed by atoms with E-state index in [0.717, 1.165) is 0 Å². The van der Waals surface area contributed by atoms with Gasteiger partial charge in [-0.3, -0.25) is 4.90 Å². The maximum Gasteiger partial charge on any atom is 0.0472 e. The van der Waals surface area contributed by atoms with E-state index >= 15 is 0 Å². The van der Waals surface area contributed by atoms with Gasteiger partial charge in [-0.05, 0) is 38.4 Å². The van der Waals surface area contributed by atoms with Crippen LogP contribution in [-0.2, 0) is 0 Å². The molecule has 2 heteroatoms. The van der Waals surface area contributed by atoms with Crippen molar-refractivity contribution < 1.29 is 0 Å². The summed E-state index contributed by atoms with van der Waals surface area (Å²) in [4.78, 5) is 2.41. The van der Waals surface area contributed by atoms with E-state index in [1.54, 1.807) is 0 Å².